The zero-order valence-corrected chi connectivity index (χ0v) is 11.1. The fourth-order valence-corrected chi connectivity index (χ4v) is 2.12. The van der Waals surface area contributed by atoms with Crippen molar-refractivity contribution >= 4 is 17.8 Å². The minimum atomic E-state index is -1.14. The Hall–Kier alpha value is -1.63. The monoisotopic (exact) mass is 272 g/mol. The highest BCUT2D eigenvalue weighted by molar-refractivity contribution is 5.86. The molecule has 7 heteroatoms. The van der Waals surface area contributed by atoms with Crippen LogP contribution in [-0.2, 0) is 19.1 Å². The molecule has 1 heterocycles. The van der Waals surface area contributed by atoms with Crippen molar-refractivity contribution in [1.82, 2.24) is 10.6 Å². The molecule has 0 saturated carbocycles. The van der Waals surface area contributed by atoms with E-state index in [1.165, 1.54) is 7.11 Å². The van der Waals surface area contributed by atoms with Gasteiger partial charge in [-0.25, -0.2) is 4.79 Å². The zero-order valence-electron chi connectivity index (χ0n) is 11.1. The number of carbonyl (C=O) groups is 3. The normalized spacial score (nSPS) is 23.7. The van der Waals surface area contributed by atoms with Gasteiger partial charge in [-0.05, 0) is 26.3 Å². The van der Waals surface area contributed by atoms with Crippen molar-refractivity contribution in [2.24, 2.45) is 5.92 Å². The van der Waals surface area contributed by atoms with Crippen LogP contribution in [0.3, 0.4) is 0 Å². The molecule has 3 atom stereocenters. The maximum Gasteiger partial charge on any atom is 0.326 e. The first-order valence-electron chi connectivity index (χ1n) is 6.29. The van der Waals surface area contributed by atoms with Crippen molar-refractivity contribution in [2.45, 2.75) is 38.3 Å². The summed E-state index contributed by atoms with van der Waals surface area (Å²) < 4.78 is 4.45. The molecule has 0 radical (unpaired) electrons. The van der Waals surface area contributed by atoms with Gasteiger partial charge >= 0.3 is 11.9 Å². The molecule has 1 fully saturated rings. The Morgan fingerprint density at radius 1 is 1.47 bits per heavy atom. The lowest BCUT2D eigenvalue weighted by atomic mass is 10.0. The highest BCUT2D eigenvalue weighted by Crippen LogP contribution is 2.15. The van der Waals surface area contributed by atoms with Crippen molar-refractivity contribution in [3.8, 4) is 0 Å². The highest BCUT2D eigenvalue weighted by Gasteiger charge is 2.32. The summed E-state index contributed by atoms with van der Waals surface area (Å²) in [6.07, 6.45) is 0.685. The van der Waals surface area contributed by atoms with Crippen LogP contribution in [0.5, 0.6) is 0 Å². The van der Waals surface area contributed by atoms with Gasteiger partial charge < -0.3 is 20.5 Å². The molecule has 0 aliphatic carbocycles. The van der Waals surface area contributed by atoms with Gasteiger partial charge in [0.05, 0.1) is 13.0 Å². The van der Waals surface area contributed by atoms with Crippen LogP contribution in [-0.4, -0.2) is 48.7 Å². The third-order valence-electron chi connectivity index (χ3n) is 3.34. The minimum Gasteiger partial charge on any atom is -0.480 e. The second-order valence-electron chi connectivity index (χ2n) is 4.65. The minimum absolute atomic E-state index is 0.0300. The molecule has 3 N–H and O–H groups in total. The van der Waals surface area contributed by atoms with E-state index < -0.39 is 18.0 Å². The molecule has 19 heavy (non-hydrogen) atoms. The first-order chi connectivity index (χ1) is 8.95. The van der Waals surface area contributed by atoms with Crippen LogP contribution in [0.4, 0.5) is 0 Å². The van der Waals surface area contributed by atoms with Crippen LogP contribution in [0, 0.1) is 5.92 Å². The van der Waals surface area contributed by atoms with Gasteiger partial charge in [0.2, 0.25) is 5.91 Å². The van der Waals surface area contributed by atoms with Crippen LogP contribution >= 0.6 is 0 Å². The Kier molecular flexibility index (Phi) is 5.75. The molecule has 2 unspecified atom stereocenters. The van der Waals surface area contributed by atoms with Gasteiger partial charge in [0.1, 0.15) is 6.04 Å². The summed E-state index contributed by atoms with van der Waals surface area (Å²) in [4.78, 5) is 34.0. The van der Waals surface area contributed by atoms with Crippen molar-refractivity contribution in [1.29, 1.82) is 0 Å². The topological polar surface area (TPSA) is 105 Å². The van der Waals surface area contributed by atoms with Gasteiger partial charge in [-0.1, -0.05) is 0 Å². The van der Waals surface area contributed by atoms with Gasteiger partial charge in [-0.15, -0.1) is 0 Å². The van der Waals surface area contributed by atoms with Gasteiger partial charge in [0.15, 0.2) is 0 Å². The molecule has 0 bridgehead atoms. The molecule has 0 aromatic carbocycles. The Bertz CT molecular complexity index is 358. The van der Waals surface area contributed by atoms with Crippen LogP contribution in [0.15, 0.2) is 0 Å². The van der Waals surface area contributed by atoms with Crippen molar-refractivity contribution < 1.29 is 24.2 Å². The lowest BCUT2D eigenvalue weighted by Gasteiger charge is -2.19. The van der Waals surface area contributed by atoms with Crippen LogP contribution in [0.1, 0.15) is 26.2 Å². The number of carboxylic acids is 1. The maximum absolute atomic E-state index is 12.0. The molecule has 0 spiro atoms. The van der Waals surface area contributed by atoms with Crippen LogP contribution in [0.25, 0.3) is 0 Å². The number of esters is 1. The molecule has 108 valence electrons. The lowest BCUT2D eigenvalue weighted by molar-refractivity contribution is -0.144. The maximum atomic E-state index is 12.0. The third kappa shape index (κ3) is 4.51. The van der Waals surface area contributed by atoms with Crippen molar-refractivity contribution in [2.75, 3.05) is 13.7 Å². The van der Waals surface area contributed by atoms with E-state index in [0.29, 0.717) is 6.42 Å². The Morgan fingerprint density at radius 2 is 2.16 bits per heavy atom. The summed E-state index contributed by atoms with van der Waals surface area (Å²) in [5.74, 6) is -2.14. The first-order valence-corrected chi connectivity index (χ1v) is 6.29. The van der Waals surface area contributed by atoms with Gasteiger partial charge in [0, 0.05) is 12.5 Å². The fourth-order valence-electron chi connectivity index (χ4n) is 2.12. The van der Waals surface area contributed by atoms with E-state index in [-0.39, 0.29) is 30.7 Å². The lowest BCUT2D eigenvalue weighted by Crippen LogP contribution is -2.46. The van der Waals surface area contributed by atoms with E-state index in [1.807, 2.05) is 6.92 Å². The second-order valence-corrected chi connectivity index (χ2v) is 4.65. The molecule has 1 aliphatic rings. The molecular weight excluding hydrogens is 252 g/mol. The number of rotatable bonds is 6. The van der Waals surface area contributed by atoms with E-state index >= 15 is 0 Å². The molecule has 1 amide bonds. The summed E-state index contributed by atoms with van der Waals surface area (Å²) in [6.45, 7) is 2.64. The predicted octanol–water partition coefficient (Wildman–Crippen LogP) is -0.493. The summed E-state index contributed by atoms with van der Waals surface area (Å²) >= 11 is 0. The number of amides is 1. The second kappa shape index (κ2) is 7.08. The van der Waals surface area contributed by atoms with E-state index in [1.54, 1.807) is 0 Å². The quantitative estimate of drug-likeness (QED) is 0.563. The zero-order chi connectivity index (χ0) is 14.4. The van der Waals surface area contributed by atoms with Gasteiger partial charge in [-0.3, -0.25) is 9.59 Å². The number of carbonyl (C=O) groups excluding carboxylic acids is 2. The Labute approximate surface area is 111 Å². The SMILES string of the molecule is COC(=O)CC[C@H](NC(=O)C1CCNC1C)C(=O)O. The number of nitrogens with one attached hydrogen (secondary N) is 2. The van der Waals surface area contributed by atoms with Crippen LogP contribution in [0.2, 0.25) is 0 Å². The summed E-state index contributed by atoms with van der Waals surface area (Å²) in [6, 6.07) is -1.02. The molecule has 1 aliphatic heterocycles. The summed E-state index contributed by atoms with van der Waals surface area (Å²) in [5.41, 5.74) is 0. The average molecular weight is 272 g/mol. The molecular formula is C12H20N2O5. The van der Waals surface area contributed by atoms with E-state index in [4.69, 9.17) is 5.11 Å². The van der Waals surface area contributed by atoms with Gasteiger partial charge in [-0.2, -0.15) is 0 Å². The predicted molar refractivity (Wildman–Crippen MR) is 66.4 cm³/mol. The molecule has 1 saturated heterocycles. The molecule has 7 nitrogen and oxygen atoms in total. The van der Waals surface area contributed by atoms with Crippen molar-refractivity contribution in [3.63, 3.8) is 0 Å². The first kappa shape index (κ1) is 15.4. The number of methoxy groups -OCH3 is 1. The largest absolute Gasteiger partial charge is 0.480 e. The van der Waals surface area contributed by atoms with Gasteiger partial charge in [0.25, 0.3) is 0 Å². The number of carboxylic acid groups (broad SMARTS) is 1. The van der Waals surface area contributed by atoms with E-state index in [2.05, 4.69) is 15.4 Å². The number of hydrogen-bond acceptors (Lipinski definition) is 5. The summed E-state index contributed by atoms with van der Waals surface area (Å²) in [5, 5.41) is 14.6. The Morgan fingerprint density at radius 3 is 2.63 bits per heavy atom. The highest BCUT2D eigenvalue weighted by atomic mass is 16.5. The molecule has 1 rings (SSSR count). The average Bonchev–Trinajstić information content (AvgIpc) is 2.79. The number of hydrogen-bond donors (Lipinski definition) is 3. The molecule has 0 aromatic heterocycles. The third-order valence-corrected chi connectivity index (χ3v) is 3.34. The number of ether oxygens (including phenoxy) is 1. The van der Waals surface area contributed by atoms with E-state index in [0.717, 1.165) is 6.54 Å². The standard InChI is InChI=1S/C12H20N2O5/c1-7-8(5-6-13-7)11(16)14-9(12(17)18)3-4-10(15)19-2/h7-9,13H,3-6H2,1-2H3,(H,14,16)(H,17,18)/t7?,8?,9-/m0/s1. The summed E-state index contributed by atoms with van der Waals surface area (Å²) in [7, 11) is 1.24. The van der Waals surface area contributed by atoms with Crippen LogP contribution < -0.4 is 10.6 Å². The fraction of sp³-hybridized carbons (Fsp3) is 0.750. The van der Waals surface area contributed by atoms with Crippen molar-refractivity contribution in [3.05, 3.63) is 0 Å². The number of aliphatic carboxylic acids is 1. The smallest absolute Gasteiger partial charge is 0.326 e. The van der Waals surface area contributed by atoms with E-state index in [9.17, 15) is 14.4 Å². The molecule has 0 aromatic rings. The Balaban J connectivity index is 2.51.